The van der Waals surface area contributed by atoms with Crippen LogP contribution in [0.2, 0.25) is 0 Å². The van der Waals surface area contributed by atoms with Crippen LogP contribution in [-0.4, -0.2) is 43.6 Å². The molecular formula is C23H28F5N5O3. The largest absolute Gasteiger partial charge is 0.465 e. The number of halogens is 5. The van der Waals surface area contributed by atoms with Crippen LogP contribution in [0, 0.1) is 17.8 Å². The standard InChI is InChI=1S/C23H28F5N5O3/c1-12(23(26,27)28)10-17(34)31-18(13-2-3-13)15-6-9-33-11-16(30-20(33)29-15)19(32-21(35)36)14-4-7-22(24,25)8-5-14/h6,9,11-14,18-19,32H,2-5,7-8,10H2,1H3,(H,31,34)(H,35,36)/t12?,18-,19+/m1/s1. The minimum atomic E-state index is -4.47. The van der Waals surface area contributed by atoms with Crippen molar-refractivity contribution in [1.82, 2.24) is 25.0 Å². The number of nitrogens with zero attached hydrogens (tertiary/aromatic N) is 3. The number of imidazole rings is 1. The number of nitrogens with one attached hydrogen (secondary N) is 2. The molecule has 2 saturated carbocycles. The summed E-state index contributed by atoms with van der Waals surface area (Å²) in [6.45, 7) is 0.955. The first-order valence-electron chi connectivity index (χ1n) is 11.9. The second kappa shape index (κ2) is 9.81. The normalized spacial score (nSPS) is 21.1. The Morgan fingerprint density at radius 1 is 1.08 bits per heavy atom. The lowest BCUT2D eigenvalue weighted by Crippen LogP contribution is -2.36. The molecule has 1 unspecified atom stereocenters. The molecule has 3 N–H and O–H groups in total. The molecule has 198 valence electrons. The molecule has 0 spiro atoms. The fourth-order valence-electron chi connectivity index (χ4n) is 4.68. The van der Waals surface area contributed by atoms with Crippen molar-refractivity contribution >= 4 is 17.8 Å². The molecular weight excluding hydrogens is 489 g/mol. The summed E-state index contributed by atoms with van der Waals surface area (Å²) in [5.74, 6) is -5.36. The first-order valence-corrected chi connectivity index (χ1v) is 11.9. The Hall–Kier alpha value is -2.99. The van der Waals surface area contributed by atoms with Crippen LogP contribution in [-0.2, 0) is 4.79 Å². The highest BCUT2D eigenvalue weighted by molar-refractivity contribution is 5.76. The van der Waals surface area contributed by atoms with Crippen molar-refractivity contribution < 1.29 is 36.6 Å². The van der Waals surface area contributed by atoms with Crippen molar-refractivity contribution in [1.29, 1.82) is 0 Å². The van der Waals surface area contributed by atoms with Gasteiger partial charge in [-0.2, -0.15) is 13.2 Å². The zero-order chi connectivity index (χ0) is 26.3. The Morgan fingerprint density at radius 3 is 2.25 bits per heavy atom. The molecule has 0 bridgehead atoms. The lowest BCUT2D eigenvalue weighted by molar-refractivity contribution is -0.174. The van der Waals surface area contributed by atoms with Gasteiger partial charge >= 0.3 is 12.3 Å². The molecule has 4 rings (SSSR count). The van der Waals surface area contributed by atoms with Crippen LogP contribution in [0.3, 0.4) is 0 Å². The Kier molecular flexibility index (Phi) is 7.11. The van der Waals surface area contributed by atoms with E-state index in [-0.39, 0.29) is 43.3 Å². The molecule has 8 nitrogen and oxygen atoms in total. The maximum absolute atomic E-state index is 13.6. The second-order valence-electron chi connectivity index (χ2n) is 9.88. The van der Waals surface area contributed by atoms with Gasteiger partial charge in [-0.25, -0.2) is 23.5 Å². The minimum Gasteiger partial charge on any atom is -0.465 e. The van der Waals surface area contributed by atoms with Crippen LogP contribution in [0.4, 0.5) is 26.7 Å². The molecule has 3 atom stereocenters. The Bertz CT molecular complexity index is 1110. The van der Waals surface area contributed by atoms with E-state index in [4.69, 9.17) is 0 Å². The SMILES string of the molecule is CC(CC(=O)N[C@@H](c1ccn2cc([C@@H](NC(=O)O)C3CCC(F)(F)CC3)nc2n1)C1CC1)C(F)(F)F. The lowest BCUT2D eigenvalue weighted by atomic mass is 9.81. The maximum Gasteiger partial charge on any atom is 0.405 e. The molecule has 0 aromatic carbocycles. The average Bonchev–Trinajstić information content (AvgIpc) is 3.53. The maximum atomic E-state index is 13.6. The number of alkyl halides is 5. The number of amides is 2. The van der Waals surface area contributed by atoms with Gasteiger partial charge in [-0.1, -0.05) is 6.92 Å². The van der Waals surface area contributed by atoms with E-state index >= 15 is 0 Å². The fourth-order valence-corrected chi connectivity index (χ4v) is 4.68. The number of fused-ring (bicyclic) bond motifs is 1. The van der Waals surface area contributed by atoms with E-state index in [1.165, 1.54) is 0 Å². The molecule has 2 heterocycles. The van der Waals surface area contributed by atoms with Gasteiger partial charge in [0, 0.05) is 31.7 Å². The molecule has 2 aliphatic rings. The quantitative estimate of drug-likeness (QED) is 0.426. The van der Waals surface area contributed by atoms with Crippen LogP contribution in [0.5, 0.6) is 0 Å². The number of hydrogen-bond acceptors (Lipinski definition) is 4. The van der Waals surface area contributed by atoms with Crippen molar-refractivity contribution in [2.24, 2.45) is 17.8 Å². The topological polar surface area (TPSA) is 109 Å². The number of aromatic nitrogens is 3. The fraction of sp³-hybridized carbons (Fsp3) is 0.652. The summed E-state index contributed by atoms with van der Waals surface area (Å²) in [4.78, 5) is 32.7. The van der Waals surface area contributed by atoms with Crippen molar-refractivity contribution in [2.45, 2.75) is 76.1 Å². The molecule has 0 aliphatic heterocycles. The Morgan fingerprint density at radius 2 is 1.67 bits per heavy atom. The molecule has 0 radical (unpaired) electrons. The van der Waals surface area contributed by atoms with Gasteiger partial charge in [0.15, 0.2) is 0 Å². The summed E-state index contributed by atoms with van der Waals surface area (Å²) in [5.41, 5.74) is 0.776. The van der Waals surface area contributed by atoms with Gasteiger partial charge in [0.2, 0.25) is 17.6 Å². The van der Waals surface area contributed by atoms with E-state index in [0.29, 0.717) is 11.4 Å². The first-order chi connectivity index (χ1) is 16.8. The third-order valence-corrected chi connectivity index (χ3v) is 6.98. The highest BCUT2D eigenvalue weighted by atomic mass is 19.4. The van der Waals surface area contributed by atoms with Gasteiger partial charge in [-0.15, -0.1) is 0 Å². The molecule has 2 aromatic rings. The van der Waals surface area contributed by atoms with Crippen LogP contribution in [0.25, 0.3) is 5.78 Å². The van der Waals surface area contributed by atoms with Gasteiger partial charge < -0.3 is 15.7 Å². The number of rotatable bonds is 8. The monoisotopic (exact) mass is 517 g/mol. The van der Waals surface area contributed by atoms with Crippen LogP contribution in [0.1, 0.15) is 75.3 Å². The van der Waals surface area contributed by atoms with Crippen molar-refractivity contribution in [3.05, 3.63) is 29.8 Å². The summed E-state index contributed by atoms with van der Waals surface area (Å²) in [5, 5.41) is 14.4. The Labute approximate surface area is 203 Å². The highest BCUT2D eigenvalue weighted by Gasteiger charge is 2.41. The van der Waals surface area contributed by atoms with Crippen LogP contribution >= 0.6 is 0 Å². The predicted octanol–water partition coefficient (Wildman–Crippen LogP) is 5.02. The van der Waals surface area contributed by atoms with E-state index in [1.807, 2.05) is 0 Å². The Balaban J connectivity index is 1.54. The molecule has 2 aromatic heterocycles. The smallest absolute Gasteiger partial charge is 0.405 e. The predicted molar refractivity (Wildman–Crippen MR) is 117 cm³/mol. The lowest BCUT2D eigenvalue weighted by Gasteiger charge is -2.32. The third-order valence-electron chi connectivity index (χ3n) is 6.98. The first kappa shape index (κ1) is 26.1. The molecule has 2 fully saturated rings. The zero-order valence-corrected chi connectivity index (χ0v) is 19.6. The van der Waals surface area contributed by atoms with Gasteiger partial charge in [0.1, 0.15) is 0 Å². The van der Waals surface area contributed by atoms with Gasteiger partial charge in [-0.05, 0) is 43.6 Å². The number of carbonyl (C=O) groups is 2. The number of carboxylic acid groups (broad SMARTS) is 1. The molecule has 0 saturated heterocycles. The van der Waals surface area contributed by atoms with E-state index in [0.717, 1.165) is 19.8 Å². The average molecular weight is 517 g/mol. The van der Waals surface area contributed by atoms with E-state index in [1.54, 1.807) is 22.9 Å². The van der Waals surface area contributed by atoms with Crippen molar-refractivity contribution in [2.75, 3.05) is 0 Å². The van der Waals surface area contributed by atoms with Crippen LogP contribution < -0.4 is 10.6 Å². The summed E-state index contributed by atoms with van der Waals surface area (Å²) >= 11 is 0. The molecule has 2 amide bonds. The van der Waals surface area contributed by atoms with Gasteiger partial charge in [0.05, 0.1) is 29.4 Å². The molecule has 36 heavy (non-hydrogen) atoms. The summed E-state index contributed by atoms with van der Waals surface area (Å²) in [7, 11) is 0. The zero-order valence-electron chi connectivity index (χ0n) is 19.6. The second-order valence-corrected chi connectivity index (χ2v) is 9.88. The van der Waals surface area contributed by atoms with E-state index in [2.05, 4.69) is 20.6 Å². The van der Waals surface area contributed by atoms with Gasteiger partial charge in [-0.3, -0.25) is 9.20 Å². The third kappa shape index (κ3) is 6.22. The van der Waals surface area contributed by atoms with Crippen molar-refractivity contribution in [3.8, 4) is 0 Å². The summed E-state index contributed by atoms with van der Waals surface area (Å²) in [6.07, 6.45) is -2.05. The highest BCUT2D eigenvalue weighted by Crippen LogP contribution is 2.42. The van der Waals surface area contributed by atoms with Gasteiger partial charge in [0.25, 0.3) is 0 Å². The van der Waals surface area contributed by atoms with E-state index < -0.39 is 48.5 Å². The summed E-state index contributed by atoms with van der Waals surface area (Å²) < 4.78 is 67.4. The minimum absolute atomic E-state index is 0.0462. The van der Waals surface area contributed by atoms with Crippen molar-refractivity contribution in [3.63, 3.8) is 0 Å². The number of hydrogen-bond donors (Lipinski definition) is 3. The van der Waals surface area contributed by atoms with E-state index in [9.17, 15) is 36.6 Å². The molecule has 13 heteroatoms. The summed E-state index contributed by atoms with van der Waals surface area (Å²) in [6, 6.07) is 0.263. The number of carbonyl (C=O) groups excluding carboxylic acids is 1. The van der Waals surface area contributed by atoms with Crippen LogP contribution in [0.15, 0.2) is 18.5 Å². The molecule has 2 aliphatic carbocycles.